The van der Waals surface area contributed by atoms with Crippen molar-refractivity contribution in [3.63, 3.8) is 0 Å². The molecule has 0 spiro atoms. The third kappa shape index (κ3) is 6.94. The lowest BCUT2D eigenvalue weighted by Crippen LogP contribution is -2.34. The summed E-state index contributed by atoms with van der Waals surface area (Å²) in [6.45, 7) is 3.54. The number of alkyl carbamates (subject to hydrolysis) is 1. The maximum absolute atomic E-state index is 12.5. The molecule has 2 fully saturated rings. The van der Waals surface area contributed by atoms with E-state index < -0.39 is 71.4 Å². The van der Waals surface area contributed by atoms with Gasteiger partial charge in [-0.25, -0.2) is 19.1 Å². The molecule has 1 amide bonds. The molecule has 45 heavy (non-hydrogen) atoms. The zero-order valence-corrected chi connectivity index (χ0v) is 24.5. The monoisotopic (exact) mass is 632 g/mol. The van der Waals surface area contributed by atoms with Gasteiger partial charge in [0.15, 0.2) is 0 Å². The molecule has 5 rings (SSSR count). The van der Waals surface area contributed by atoms with Gasteiger partial charge in [0, 0.05) is 43.3 Å². The number of rotatable bonds is 9. The van der Waals surface area contributed by atoms with E-state index in [-0.39, 0.29) is 38.2 Å². The number of aliphatic hydroxyl groups is 1. The molecule has 3 aromatic heterocycles. The normalized spacial score (nSPS) is 24.4. The van der Waals surface area contributed by atoms with E-state index >= 15 is 0 Å². The second kappa shape index (κ2) is 13.0. The molecule has 6 atom stereocenters. The molecule has 0 saturated carbocycles. The average Bonchev–Trinajstić information content (AvgIpc) is 3.73. The summed E-state index contributed by atoms with van der Waals surface area (Å²) in [5, 5.41) is 20.5. The molecule has 2 aliphatic heterocycles. The van der Waals surface area contributed by atoms with E-state index in [0.29, 0.717) is 11.3 Å². The minimum absolute atomic E-state index is 0.0776. The summed E-state index contributed by atoms with van der Waals surface area (Å²) in [6.07, 6.45) is -0.322. The molecule has 0 bridgehead atoms. The largest absolute Gasteiger partial charge is 0.459 e. The maximum atomic E-state index is 12.5. The number of nitrogens with one attached hydrogen (secondary N) is 3. The first kappa shape index (κ1) is 31.5. The number of aliphatic hydroxyl groups excluding tert-OH is 1. The van der Waals surface area contributed by atoms with Gasteiger partial charge in [0.1, 0.15) is 43.1 Å². The van der Waals surface area contributed by atoms with Crippen molar-refractivity contribution in [2.45, 2.75) is 77.0 Å². The van der Waals surface area contributed by atoms with Crippen molar-refractivity contribution >= 4 is 12.1 Å². The first-order valence-corrected chi connectivity index (χ1v) is 14.0. The van der Waals surface area contributed by atoms with Crippen LogP contribution in [0.25, 0.3) is 0 Å². The molecule has 0 unspecified atom stereocenters. The highest BCUT2D eigenvalue weighted by Crippen LogP contribution is 2.35. The third-order valence-corrected chi connectivity index (χ3v) is 7.48. The summed E-state index contributed by atoms with van der Waals surface area (Å²) in [7, 11) is 0. The Morgan fingerprint density at radius 1 is 0.978 bits per heavy atom. The lowest BCUT2D eigenvalue weighted by Gasteiger charge is -2.18. The Morgan fingerprint density at radius 3 is 2.18 bits per heavy atom. The minimum Gasteiger partial charge on any atom is -0.459 e. The minimum atomic E-state index is -0.894. The smallest absolute Gasteiger partial charge is 0.407 e. The van der Waals surface area contributed by atoms with E-state index in [2.05, 4.69) is 25.6 Å². The fraction of sp³-hybridized carbons (Fsp3) is 0.538. The van der Waals surface area contributed by atoms with E-state index in [1.165, 1.54) is 40.1 Å². The highest BCUT2D eigenvalue weighted by atomic mass is 16.6. The van der Waals surface area contributed by atoms with Crippen molar-refractivity contribution in [1.29, 1.82) is 0 Å². The van der Waals surface area contributed by atoms with Crippen LogP contribution in [0.1, 0.15) is 55.1 Å². The molecule has 0 aromatic carbocycles. The molecule has 19 nitrogen and oxygen atoms in total. The molecule has 2 aliphatic rings. The molecule has 2 saturated heterocycles. The Balaban J connectivity index is 1.17. The Morgan fingerprint density at radius 2 is 1.58 bits per heavy atom. The quantitative estimate of drug-likeness (QED) is 0.192. The van der Waals surface area contributed by atoms with Crippen molar-refractivity contribution in [1.82, 2.24) is 39.4 Å². The fourth-order valence-electron chi connectivity index (χ4n) is 5.22. The predicted octanol–water partition coefficient (Wildman–Crippen LogP) is -1.74. The number of nitrogens with zero attached hydrogens (tertiary/aromatic N) is 5. The zero-order valence-electron chi connectivity index (χ0n) is 24.5. The average molecular weight is 633 g/mol. The molecular weight excluding hydrogens is 600 g/mol. The van der Waals surface area contributed by atoms with Crippen LogP contribution in [0.2, 0.25) is 0 Å². The van der Waals surface area contributed by atoms with Gasteiger partial charge in [-0.05, 0) is 13.8 Å². The second-order valence-corrected chi connectivity index (χ2v) is 10.7. The summed E-state index contributed by atoms with van der Waals surface area (Å²) >= 11 is 0. The van der Waals surface area contributed by atoms with E-state index in [9.17, 15) is 33.9 Å². The summed E-state index contributed by atoms with van der Waals surface area (Å²) in [5.41, 5.74) is -1.42. The number of hydrogen-bond donors (Lipinski definition) is 4. The van der Waals surface area contributed by atoms with Crippen molar-refractivity contribution in [3.05, 3.63) is 77.1 Å². The van der Waals surface area contributed by atoms with Crippen LogP contribution in [0, 0.1) is 13.8 Å². The van der Waals surface area contributed by atoms with Crippen molar-refractivity contribution in [2.24, 2.45) is 0 Å². The Labute approximate surface area is 252 Å². The third-order valence-electron chi connectivity index (χ3n) is 7.48. The Hall–Kier alpha value is -4.88. The number of esters is 1. The van der Waals surface area contributed by atoms with Crippen molar-refractivity contribution < 1.29 is 33.6 Å². The van der Waals surface area contributed by atoms with Gasteiger partial charge in [0.25, 0.3) is 11.1 Å². The van der Waals surface area contributed by atoms with Gasteiger partial charge >= 0.3 is 23.4 Å². The predicted molar refractivity (Wildman–Crippen MR) is 149 cm³/mol. The van der Waals surface area contributed by atoms with Crippen LogP contribution in [-0.2, 0) is 30.3 Å². The number of H-pyrrole nitrogens is 2. The number of amides is 1. The van der Waals surface area contributed by atoms with Crippen LogP contribution < -0.4 is 27.8 Å². The molecule has 3 aromatic rings. The van der Waals surface area contributed by atoms with Crippen molar-refractivity contribution in [3.8, 4) is 0 Å². The second-order valence-electron chi connectivity index (χ2n) is 10.7. The van der Waals surface area contributed by atoms with Crippen LogP contribution in [0.15, 0.2) is 37.8 Å². The number of carbonyl (C=O) groups is 2. The number of aromatic nitrogens is 7. The van der Waals surface area contributed by atoms with Gasteiger partial charge < -0.3 is 29.4 Å². The number of hydrogen-bond acceptors (Lipinski definition) is 13. The van der Waals surface area contributed by atoms with Crippen LogP contribution >= 0.6 is 0 Å². The topological polar surface area (TPSA) is 244 Å². The number of ether oxygens (including phenoxy) is 4. The molecule has 19 heteroatoms. The van der Waals surface area contributed by atoms with Crippen molar-refractivity contribution in [2.75, 3.05) is 13.2 Å². The SMILES string of the molecule is CC(=O)O[C@@H]1C[C@H](n2cc(C)c(=O)[nH]c2=O)O[C@@H]1COC(=O)NCc1cn([C@@H]2C[C@H](n3cc(C)c(=O)[nH]c3=O)O[C@@H]2CO)nn1. The van der Waals surface area contributed by atoms with E-state index in [1.807, 2.05) is 0 Å². The van der Waals surface area contributed by atoms with E-state index in [4.69, 9.17) is 18.9 Å². The van der Waals surface area contributed by atoms with E-state index in [0.717, 1.165) is 0 Å². The van der Waals surface area contributed by atoms with Gasteiger partial charge in [-0.3, -0.25) is 33.5 Å². The molecule has 0 radical (unpaired) electrons. The lowest BCUT2D eigenvalue weighted by molar-refractivity contribution is -0.150. The number of aryl methyl sites for hydroxylation is 2. The lowest BCUT2D eigenvalue weighted by atomic mass is 10.1. The molecule has 0 aliphatic carbocycles. The standard InChI is InChI=1S/C26H32N8O11/c1-12-7-32(24(39)28-22(12)37)20-4-16(18(10-35)44-20)34-9-15(30-31-34)6-27-26(41)42-11-19-17(43-14(3)36)5-21(45-19)33-8-13(2)23(38)29-25(33)40/h7-9,16-21,35H,4-6,10-11H2,1-3H3,(H,27,41)(H,28,37,39)(H,29,38,40)/t16-,17-,18-,19-,20-,21-/m1/s1. The van der Waals surface area contributed by atoms with Gasteiger partial charge in [-0.2, -0.15) is 0 Å². The fourth-order valence-corrected chi connectivity index (χ4v) is 5.22. The van der Waals surface area contributed by atoms with Gasteiger partial charge in [0.05, 0.1) is 25.4 Å². The van der Waals surface area contributed by atoms with Crippen LogP contribution in [0.5, 0.6) is 0 Å². The molecule has 242 valence electrons. The van der Waals surface area contributed by atoms with Gasteiger partial charge in [0.2, 0.25) is 0 Å². The molecule has 4 N–H and O–H groups in total. The summed E-state index contributed by atoms with van der Waals surface area (Å²) in [5.74, 6) is -0.588. The Bertz CT molecular complexity index is 1810. The first-order valence-electron chi connectivity index (χ1n) is 14.0. The van der Waals surface area contributed by atoms with Gasteiger partial charge in [-0.1, -0.05) is 5.21 Å². The number of aromatic amines is 2. The van der Waals surface area contributed by atoms with Crippen LogP contribution in [-0.4, -0.2) is 82.8 Å². The van der Waals surface area contributed by atoms with E-state index in [1.54, 1.807) is 13.1 Å². The first-order chi connectivity index (χ1) is 21.4. The van der Waals surface area contributed by atoms with Crippen LogP contribution in [0.3, 0.4) is 0 Å². The highest BCUT2D eigenvalue weighted by Gasteiger charge is 2.40. The summed E-state index contributed by atoms with van der Waals surface area (Å²) in [4.78, 5) is 76.6. The van der Waals surface area contributed by atoms with Gasteiger partial charge in [-0.15, -0.1) is 5.10 Å². The zero-order chi connectivity index (χ0) is 32.4. The number of carbonyl (C=O) groups excluding carboxylic acids is 2. The molecule has 5 heterocycles. The summed E-state index contributed by atoms with van der Waals surface area (Å²) < 4.78 is 26.2. The maximum Gasteiger partial charge on any atom is 0.407 e. The van der Waals surface area contributed by atoms with Crippen LogP contribution in [0.4, 0.5) is 4.79 Å². The Kier molecular flexibility index (Phi) is 9.11. The highest BCUT2D eigenvalue weighted by molar-refractivity contribution is 5.67. The molecular formula is C26H32N8O11. The summed E-state index contributed by atoms with van der Waals surface area (Å²) in [6, 6.07) is -0.503.